The standard InChI is InChI=1S/C17H27N/c1-13-8-7-9-14(2)17(13)12-18-15(3)16-10-5-4-6-11-16/h7-9,15-16,18H,4-6,10-12H2,1-3H3. The molecule has 1 fully saturated rings. The van der Waals surface area contributed by atoms with Crippen LogP contribution < -0.4 is 5.32 Å². The van der Waals surface area contributed by atoms with E-state index >= 15 is 0 Å². The number of aryl methyl sites for hydroxylation is 2. The molecule has 1 atom stereocenters. The van der Waals surface area contributed by atoms with E-state index in [1.54, 1.807) is 0 Å². The Morgan fingerprint density at radius 1 is 1.11 bits per heavy atom. The lowest BCUT2D eigenvalue weighted by atomic mass is 9.84. The van der Waals surface area contributed by atoms with E-state index in [9.17, 15) is 0 Å². The summed E-state index contributed by atoms with van der Waals surface area (Å²) in [6, 6.07) is 7.24. The minimum absolute atomic E-state index is 0.657. The average molecular weight is 245 g/mol. The van der Waals surface area contributed by atoms with Gasteiger partial charge in [-0.05, 0) is 56.2 Å². The van der Waals surface area contributed by atoms with Crippen LogP contribution in [0.2, 0.25) is 0 Å². The van der Waals surface area contributed by atoms with E-state index < -0.39 is 0 Å². The molecule has 0 aromatic heterocycles. The first-order valence-electron chi connectivity index (χ1n) is 7.47. The van der Waals surface area contributed by atoms with Gasteiger partial charge in [-0.3, -0.25) is 0 Å². The first kappa shape index (κ1) is 13.6. The third-order valence-corrected chi connectivity index (χ3v) is 4.60. The van der Waals surface area contributed by atoms with Crippen molar-refractivity contribution < 1.29 is 0 Å². The van der Waals surface area contributed by atoms with E-state index in [2.05, 4.69) is 44.3 Å². The Kier molecular flexibility index (Phi) is 4.82. The second-order valence-corrected chi connectivity index (χ2v) is 5.94. The molecule has 1 unspecified atom stereocenters. The summed E-state index contributed by atoms with van der Waals surface area (Å²) < 4.78 is 0. The van der Waals surface area contributed by atoms with Gasteiger partial charge in [0.05, 0.1) is 0 Å². The van der Waals surface area contributed by atoms with Crippen LogP contribution in [0.25, 0.3) is 0 Å². The fourth-order valence-corrected chi connectivity index (χ4v) is 3.19. The number of benzene rings is 1. The van der Waals surface area contributed by atoms with Crippen LogP contribution in [0.5, 0.6) is 0 Å². The predicted octanol–water partition coefficient (Wildman–Crippen LogP) is 4.36. The van der Waals surface area contributed by atoms with E-state index in [4.69, 9.17) is 0 Å². The van der Waals surface area contributed by atoms with E-state index in [0.717, 1.165) is 12.5 Å². The molecule has 1 aliphatic rings. The molecule has 0 bridgehead atoms. The van der Waals surface area contributed by atoms with E-state index in [1.807, 2.05) is 0 Å². The molecule has 0 heterocycles. The fraction of sp³-hybridized carbons (Fsp3) is 0.647. The molecule has 1 aromatic carbocycles. The topological polar surface area (TPSA) is 12.0 Å². The number of hydrogen-bond donors (Lipinski definition) is 1. The zero-order chi connectivity index (χ0) is 13.0. The number of hydrogen-bond acceptors (Lipinski definition) is 1. The highest BCUT2D eigenvalue weighted by Crippen LogP contribution is 2.26. The van der Waals surface area contributed by atoms with Gasteiger partial charge in [0, 0.05) is 12.6 Å². The Balaban J connectivity index is 1.90. The molecule has 0 aliphatic heterocycles. The second-order valence-electron chi connectivity index (χ2n) is 5.94. The Morgan fingerprint density at radius 3 is 2.33 bits per heavy atom. The van der Waals surface area contributed by atoms with Crippen LogP contribution in [-0.4, -0.2) is 6.04 Å². The normalized spacial score (nSPS) is 18.8. The van der Waals surface area contributed by atoms with E-state index in [-0.39, 0.29) is 0 Å². The molecule has 18 heavy (non-hydrogen) atoms. The van der Waals surface area contributed by atoms with Crippen LogP contribution in [0.3, 0.4) is 0 Å². The maximum absolute atomic E-state index is 3.75. The van der Waals surface area contributed by atoms with Crippen molar-refractivity contribution in [2.75, 3.05) is 0 Å². The van der Waals surface area contributed by atoms with Gasteiger partial charge in [-0.25, -0.2) is 0 Å². The smallest absolute Gasteiger partial charge is 0.0213 e. The molecule has 0 radical (unpaired) electrons. The van der Waals surface area contributed by atoms with E-state index in [0.29, 0.717) is 6.04 Å². The first-order valence-corrected chi connectivity index (χ1v) is 7.47. The highest BCUT2D eigenvalue weighted by Gasteiger charge is 2.19. The highest BCUT2D eigenvalue weighted by molar-refractivity contribution is 5.33. The molecule has 0 saturated heterocycles. The maximum Gasteiger partial charge on any atom is 0.0213 e. The first-order chi connectivity index (χ1) is 8.68. The molecule has 1 heteroatoms. The van der Waals surface area contributed by atoms with Crippen molar-refractivity contribution in [3.63, 3.8) is 0 Å². The van der Waals surface area contributed by atoms with Crippen molar-refractivity contribution >= 4 is 0 Å². The summed E-state index contributed by atoms with van der Waals surface area (Å²) in [5.74, 6) is 0.892. The maximum atomic E-state index is 3.75. The van der Waals surface area contributed by atoms with Crippen LogP contribution in [0.4, 0.5) is 0 Å². The quantitative estimate of drug-likeness (QED) is 0.831. The van der Waals surface area contributed by atoms with Crippen LogP contribution in [0.15, 0.2) is 18.2 Å². The summed E-state index contributed by atoms with van der Waals surface area (Å²) in [4.78, 5) is 0. The Hall–Kier alpha value is -0.820. The molecular weight excluding hydrogens is 218 g/mol. The molecule has 0 spiro atoms. The lowest BCUT2D eigenvalue weighted by Crippen LogP contribution is -2.34. The molecule has 1 aliphatic carbocycles. The Morgan fingerprint density at radius 2 is 1.72 bits per heavy atom. The summed E-state index contributed by atoms with van der Waals surface area (Å²) in [6.07, 6.45) is 7.14. The summed E-state index contributed by atoms with van der Waals surface area (Å²) >= 11 is 0. The van der Waals surface area contributed by atoms with Gasteiger partial charge in [0.25, 0.3) is 0 Å². The van der Waals surface area contributed by atoms with E-state index in [1.165, 1.54) is 48.8 Å². The fourth-order valence-electron chi connectivity index (χ4n) is 3.19. The zero-order valence-corrected chi connectivity index (χ0v) is 12.1. The number of rotatable bonds is 4. The lowest BCUT2D eigenvalue weighted by molar-refractivity contribution is 0.280. The van der Waals surface area contributed by atoms with Gasteiger partial charge in [-0.2, -0.15) is 0 Å². The highest BCUT2D eigenvalue weighted by atomic mass is 14.9. The third kappa shape index (κ3) is 3.35. The second kappa shape index (κ2) is 6.38. The van der Waals surface area contributed by atoms with Crippen molar-refractivity contribution in [2.45, 2.75) is 65.5 Å². The Labute approximate surface area is 112 Å². The van der Waals surface area contributed by atoms with Crippen LogP contribution in [0, 0.1) is 19.8 Å². The van der Waals surface area contributed by atoms with Crippen LogP contribution >= 0.6 is 0 Å². The van der Waals surface area contributed by atoms with Crippen molar-refractivity contribution in [3.8, 4) is 0 Å². The van der Waals surface area contributed by atoms with Crippen LogP contribution in [0.1, 0.15) is 55.7 Å². The third-order valence-electron chi connectivity index (χ3n) is 4.60. The van der Waals surface area contributed by atoms with Gasteiger partial charge >= 0.3 is 0 Å². The molecule has 2 rings (SSSR count). The van der Waals surface area contributed by atoms with Crippen molar-refractivity contribution in [2.24, 2.45) is 5.92 Å². The monoisotopic (exact) mass is 245 g/mol. The summed E-state index contributed by atoms with van der Waals surface area (Å²) in [7, 11) is 0. The molecule has 1 nitrogen and oxygen atoms in total. The number of nitrogens with one attached hydrogen (secondary N) is 1. The molecule has 1 aromatic rings. The molecule has 100 valence electrons. The van der Waals surface area contributed by atoms with Gasteiger partial charge in [-0.15, -0.1) is 0 Å². The molecule has 1 N–H and O–H groups in total. The molecule has 1 saturated carbocycles. The SMILES string of the molecule is Cc1cccc(C)c1CNC(C)C1CCCCC1. The van der Waals surface area contributed by atoms with Crippen molar-refractivity contribution in [1.82, 2.24) is 5.32 Å². The summed E-state index contributed by atoms with van der Waals surface area (Å²) in [5.41, 5.74) is 4.32. The zero-order valence-electron chi connectivity index (χ0n) is 12.1. The van der Waals surface area contributed by atoms with Crippen molar-refractivity contribution in [3.05, 3.63) is 34.9 Å². The summed E-state index contributed by atoms with van der Waals surface area (Å²) in [5, 5.41) is 3.75. The predicted molar refractivity (Wildman–Crippen MR) is 78.8 cm³/mol. The molecular formula is C17H27N. The van der Waals surface area contributed by atoms with Gasteiger partial charge < -0.3 is 5.32 Å². The summed E-state index contributed by atoms with van der Waals surface area (Å²) in [6.45, 7) is 7.82. The van der Waals surface area contributed by atoms with Gasteiger partial charge in [-0.1, -0.05) is 37.5 Å². The Bertz CT molecular complexity index is 357. The molecule has 0 amide bonds. The minimum atomic E-state index is 0.657. The lowest BCUT2D eigenvalue weighted by Gasteiger charge is -2.28. The van der Waals surface area contributed by atoms with Gasteiger partial charge in [0.15, 0.2) is 0 Å². The minimum Gasteiger partial charge on any atom is -0.310 e. The average Bonchev–Trinajstić information content (AvgIpc) is 2.39. The van der Waals surface area contributed by atoms with Gasteiger partial charge in [0.2, 0.25) is 0 Å². The van der Waals surface area contributed by atoms with Crippen molar-refractivity contribution in [1.29, 1.82) is 0 Å². The van der Waals surface area contributed by atoms with Crippen LogP contribution in [-0.2, 0) is 6.54 Å². The van der Waals surface area contributed by atoms with Gasteiger partial charge in [0.1, 0.15) is 0 Å². The largest absolute Gasteiger partial charge is 0.310 e.